The molecule has 0 bridgehead atoms. The number of anilines is 1. The average Bonchev–Trinajstić information content (AvgIpc) is 3.16. The molecule has 0 radical (unpaired) electrons. The van der Waals surface area contributed by atoms with Gasteiger partial charge in [0.2, 0.25) is 5.91 Å². The van der Waals surface area contributed by atoms with Gasteiger partial charge in [0.25, 0.3) is 11.1 Å². The van der Waals surface area contributed by atoms with Gasteiger partial charge in [-0.2, -0.15) is 0 Å². The van der Waals surface area contributed by atoms with Gasteiger partial charge in [0.05, 0.1) is 4.91 Å². The second-order valence-electron chi connectivity index (χ2n) is 8.32. The number of thioether (sulfide) groups is 1. The summed E-state index contributed by atoms with van der Waals surface area (Å²) in [7, 11) is 0. The topological polar surface area (TPSA) is 75.7 Å². The molecule has 5 rings (SSSR count). The number of rotatable bonds is 7. The first-order valence-corrected chi connectivity index (χ1v) is 12.3. The van der Waals surface area contributed by atoms with E-state index in [2.05, 4.69) is 23.5 Å². The predicted molar refractivity (Wildman–Crippen MR) is 142 cm³/mol. The number of fused-ring (bicyclic) bond motifs is 1. The zero-order valence-corrected chi connectivity index (χ0v) is 20.3. The van der Waals surface area contributed by atoms with Crippen LogP contribution in [0.3, 0.4) is 0 Å². The second kappa shape index (κ2) is 10.7. The van der Waals surface area contributed by atoms with Crippen LogP contribution in [-0.4, -0.2) is 28.5 Å². The summed E-state index contributed by atoms with van der Waals surface area (Å²) >= 11 is 0.777. The maximum Gasteiger partial charge on any atom is 0.294 e. The Morgan fingerprint density at radius 3 is 2.43 bits per heavy atom. The molecule has 4 aromatic carbocycles. The lowest BCUT2D eigenvalue weighted by Crippen LogP contribution is -2.36. The highest BCUT2D eigenvalue weighted by Crippen LogP contribution is 2.32. The van der Waals surface area contributed by atoms with Crippen LogP contribution in [0.4, 0.5) is 14.9 Å². The molecule has 1 fully saturated rings. The Kier molecular flexibility index (Phi) is 7.00. The van der Waals surface area contributed by atoms with Crippen molar-refractivity contribution in [1.82, 2.24) is 4.90 Å². The minimum Gasteiger partial charge on any atom is -0.489 e. The number of nitrogens with zero attached hydrogens (tertiary/aromatic N) is 1. The van der Waals surface area contributed by atoms with Crippen molar-refractivity contribution in [3.05, 3.63) is 113 Å². The Balaban J connectivity index is 1.20. The van der Waals surface area contributed by atoms with E-state index in [4.69, 9.17) is 4.74 Å². The van der Waals surface area contributed by atoms with Gasteiger partial charge in [-0.05, 0) is 76.1 Å². The monoisotopic (exact) mass is 512 g/mol. The molecule has 0 saturated carbocycles. The highest BCUT2D eigenvalue weighted by Gasteiger charge is 2.36. The number of carbonyl (C=O) groups is 3. The van der Waals surface area contributed by atoms with Gasteiger partial charge in [0.1, 0.15) is 24.7 Å². The Morgan fingerprint density at radius 1 is 0.919 bits per heavy atom. The molecule has 1 N–H and O–H groups in total. The molecule has 0 atom stereocenters. The molecule has 1 heterocycles. The van der Waals surface area contributed by atoms with Crippen molar-refractivity contribution in [2.45, 2.75) is 6.61 Å². The first kappa shape index (κ1) is 24.3. The van der Waals surface area contributed by atoms with Crippen LogP contribution in [0.15, 0.2) is 95.9 Å². The molecule has 184 valence electrons. The van der Waals surface area contributed by atoms with Gasteiger partial charge in [0.15, 0.2) is 0 Å². The van der Waals surface area contributed by atoms with Crippen molar-refractivity contribution in [1.29, 1.82) is 0 Å². The van der Waals surface area contributed by atoms with E-state index in [9.17, 15) is 18.8 Å². The largest absolute Gasteiger partial charge is 0.489 e. The van der Waals surface area contributed by atoms with Crippen LogP contribution in [-0.2, 0) is 16.2 Å². The van der Waals surface area contributed by atoms with Crippen LogP contribution in [0.5, 0.6) is 5.75 Å². The van der Waals surface area contributed by atoms with Crippen LogP contribution in [0, 0.1) is 5.82 Å². The lowest BCUT2D eigenvalue weighted by molar-refractivity contribution is -0.127. The van der Waals surface area contributed by atoms with Crippen LogP contribution in [0.2, 0.25) is 0 Å². The molecule has 1 aliphatic rings. The van der Waals surface area contributed by atoms with Gasteiger partial charge in [-0.1, -0.05) is 54.6 Å². The third-order valence-corrected chi connectivity index (χ3v) is 6.66. The zero-order valence-electron chi connectivity index (χ0n) is 19.5. The zero-order chi connectivity index (χ0) is 25.8. The van der Waals surface area contributed by atoms with E-state index in [1.54, 1.807) is 30.3 Å². The SMILES string of the molecule is O=C(CN1C(=O)S/C(=C\c2ccc(OCc3cccc4ccccc34)cc2)C1=O)Nc1ccc(F)cc1. The third-order valence-electron chi connectivity index (χ3n) is 5.76. The van der Waals surface area contributed by atoms with Gasteiger partial charge in [0, 0.05) is 5.69 Å². The number of benzene rings is 4. The number of ether oxygens (including phenoxy) is 1. The molecular formula is C29H21FN2O4S. The number of hydrogen-bond donors (Lipinski definition) is 1. The van der Waals surface area contributed by atoms with Gasteiger partial charge in [-0.15, -0.1) is 0 Å². The van der Waals surface area contributed by atoms with Gasteiger partial charge < -0.3 is 10.1 Å². The summed E-state index contributed by atoms with van der Waals surface area (Å²) in [6.45, 7) is -0.0140. The van der Waals surface area contributed by atoms with Crippen molar-refractivity contribution in [3.8, 4) is 5.75 Å². The fraction of sp³-hybridized carbons (Fsp3) is 0.0690. The molecule has 6 nitrogen and oxygen atoms in total. The van der Waals surface area contributed by atoms with Crippen LogP contribution < -0.4 is 10.1 Å². The number of nitrogens with one attached hydrogen (secondary N) is 1. The van der Waals surface area contributed by atoms with E-state index >= 15 is 0 Å². The molecule has 0 aromatic heterocycles. The molecule has 37 heavy (non-hydrogen) atoms. The number of halogens is 1. The summed E-state index contributed by atoms with van der Waals surface area (Å²) in [5.41, 5.74) is 2.18. The number of hydrogen-bond acceptors (Lipinski definition) is 5. The second-order valence-corrected chi connectivity index (χ2v) is 9.31. The van der Waals surface area contributed by atoms with Crippen molar-refractivity contribution >= 4 is 51.4 Å². The number of imide groups is 1. The molecule has 1 aliphatic heterocycles. The van der Waals surface area contributed by atoms with Crippen molar-refractivity contribution < 1.29 is 23.5 Å². The maximum absolute atomic E-state index is 13.0. The Bertz CT molecular complexity index is 1510. The summed E-state index contributed by atoms with van der Waals surface area (Å²) in [5.74, 6) is -0.850. The summed E-state index contributed by atoms with van der Waals surface area (Å²) in [4.78, 5) is 38.5. The standard InChI is InChI=1S/C29H21FN2O4S/c30-22-10-12-23(13-11-22)31-27(33)17-32-28(34)26(37-29(32)35)16-19-8-14-24(15-9-19)36-18-21-6-3-5-20-4-1-2-7-25(20)21/h1-16H,17-18H2,(H,31,33)/b26-16-. The number of amides is 3. The van der Waals surface area contributed by atoms with Crippen molar-refractivity contribution in [2.24, 2.45) is 0 Å². The highest BCUT2D eigenvalue weighted by molar-refractivity contribution is 8.18. The third kappa shape index (κ3) is 5.70. The summed E-state index contributed by atoms with van der Waals surface area (Å²) < 4.78 is 19.0. The Morgan fingerprint density at radius 2 is 1.65 bits per heavy atom. The van der Waals surface area contributed by atoms with E-state index in [0.29, 0.717) is 18.0 Å². The molecule has 1 saturated heterocycles. The van der Waals surface area contributed by atoms with Crippen molar-refractivity contribution in [2.75, 3.05) is 11.9 Å². The Hall–Kier alpha value is -4.43. The Labute approximate surface area is 216 Å². The van der Waals surface area contributed by atoms with Gasteiger partial charge >= 0.3 is 0 Å². The van der Waals surface area contributed by atoms with Crippen LogP contribution >= 0.6 is 11.8 Å². The molecule has 8 heteroatoms. The molecular weight excluding hydrogens is 491 g/mol. The van der Waals surface area contributed by atoms with E-state index < -0.39 is 29.4 Å². The lowest BCUT2D eigenvalue weighted by Gasteiger charge is -2.12. The fourth-order valence-electron chi connectivity index (χ4n) is 3.90. The van der Waals surface area contributed by atoms with Crippen LogP contribution in [0.25, 0.3) is 16.8 Å². The van der Waals surface area contributed by atoms with E-state index in [1.165, 1.54) is 24.3 Å². The minimum atomic E-state index is -0.553. The fourth-order valence-corrected chi connectivity index (χ4v) is 4.74. The van der Waals surface area contributed by atoms with Gasteiger partial charge in [-0.25, -0.2) is 4.39 Å². The van der Waals surface area contributed by atoms with Crippen molar-refractivity contribution in [3.63, 3.8) is 0 Å². The molecule has 0 spiro atoms. The molecule has 3 amide bonds. The first-order valence-electron chi connectivity index (χ1n) is 11.5. The molecule has 0 unspecified atom stereocenters. The summed E-state index contributed by atoms with van der Waals surface area (Å²) in [6.07, 6.45) is 1.61. The predicted octanol–water partition coefficient (Wildman–Crippen LogP) is 6.23. The summed E-state index contributed by atoms with van der Waals surface area (Å²) in [5, 5.41) is 4.32. The lowest BCUT2D eigenvalue weighted by atomic mass is 10.1. The first-order chi connectivity index (χ1) is 18.0. The maximum atomic E-state index is 13.0. The summed E-state index contributed by atoms with van der Waals surface area (Å²) in [6, 6.07) is 26.6. The van der Waals surface area contributed by atoms with E-state index in [1.807, 2.05) is 24.3 Å². The van der Waals surface area contributed by atoms with E-state index in [0.717, 1.165) is 38.6 Å². The highest BCUT2D eigenvalue weighted by atomic mass is 32.2. The minimum absolute atomic E-state index is 0.226. The quantitative estimate of drug-likeness (QED) is 0.297. The van der Waals surface area contributed by atoms with E-state index in [-0.39, 0.29) is 4.91 Å². The average molecular weight is 513 g/mol. The molecule has 0 aliphatic carbocycles. The smallest absolute Gasteiger partial charge is 0.294 e. The normalized spacial score (nSPS) is 14.4. The van der Waals surface area contributed by atoms with Crippen LogP contribution in [0.1, 0.15) is 11.1 Å². The molecule has 4 aromatic rings. The van der Waals surface area contributed by atoms with Gasteiger partial charge in [-0.3, -0.25) is 19.3 Å². The number of carbonyl (C=O) groups excluding carboxylic acids is 3.